The van der Waals surface area contributed by atoms with Gasteiger partial charge >= 0.3 is 6.09 Å². The third kappa shape index (κ3) is 5.28. The van der Waals surface area contributed by atoms with Crippen LogP contribution in [-0.4, -0.2) is 17.7 Å². The third-order valence-corrected chi connectivity index (χ3v) is 1.53. The topological polar surface area (TPSA) is 49.3 Å². The van der Waals surface area contributed by atoms with Crippen LogP contribution in [0.2, 0.25) is 0 Å². The third-order valence-electron chi connectivity index (χ3n) is 1.53. The Balaban J connectivity index is 3.53. The molecule has 0 saturated heterocycles. The van der Waals surface area contributed by atoms with Crippen molar-refractivity contribution in [2.75, 3.05) is 6.54 Å². The van der Waals surface area contributed by atoms with Gasteiger partial charge in [-0.25, -0.2) is 4.79 Å². The molecule has 3 nitrogen and oxygen atoms in total. The number of hydrogen-bond donors (Lipinski definition) is 2. The molecule has 0 fully saturated rings. The molecule has 0 aliphatic carbocycles. The lowest BCUT2D eigenvalue weighted by atomic mass is 10.0. The van der Waals surface area contributed by atoms with Gasteiger partial charge in [-0.1, -0.05) is 13.3 Å². The van der Waals surface area contributed by atoms with Crippen LogP contribution in [0.4, 0.5) is 4.79 Å². The molecular weight excluding hydrogens is 142 g/mol. The van der Waals surface area contributed by atoms with Crippen LogP contribution in [0.15, 0.2) is 0 Å². The lowest BCUT2D eigenvalue weighted by Gasteiger charge is -2.09. The summed E-state index contributed by atoms with van der Waals surface area (Å²) in [5, 5.41) is 10.6. The fourth-order valence-corrected chi connectivity index (χ4v) is 0.759. The molecule has 0 aliphatic heterocycles. The van der Waals surface area contributed by atoms with Gasteiger partial charge in [0.25, 0.3) is 0 Å². The Labute approximate surface area is 66.8 Å². The lowest BCUT2D eigenvalue weighted by molar-refractivity contribution is 0.192. The van der Waals surface area contributed by atoms with Crippen molar-refractivity contribution in [1.29, 1.82) is 0 Å². The zero-order valence-electron chi connectivity index (χ0n) is 6.63. The Kier molecular flexibility index (Phi) is 5.01. The predicted octanol–water partition coefficient (Wildman–Crippen LogP) is 1.30. The summed E-state index contributed by atoms with van der Waals surface area (Å²) in [6.07, 6.45) is 5.64. The molecule has 3 heteroatoms. The first-order valence-electron chi connectivity index (χ1n) is 3.61. The van der Waals surface area contributed by atoms with E-state index in [0.717, 1.165) is 6.42 Å². The Morgan fingerprint density at radius 3 is 2.82 bits per heavy atom. The van der Waals surface area contributed by atoms with Gasteiger partial charge in [0.05, 0.1) is 0 Å². The van der Waals surface area contributed by atoms with Gasteiger partial charge in [0.2, 0.25) is 0 Å². The van der Waals surface area contributed by atoms with Crippen LogP contribution in [0.5, 0.6) is 0 Å². The maximum absolute atomic E-state index is 10.1. The molecule has 62 valence electrons. The molecule has 0 aromatic carbocycles. The summed E-state index contributed by atoms with van der Waals surface area (Å²) < 4.78 is 0. The van der Waals surface area contributed by atoms with Crippen molar-refractivity contribution in [3.63, 3.8) is 0 Å². The van der Waals surface area contributed by atoms with E-state index in [1.165, 1.54) is 0 Å². The highest BCUT2D eigenvalue weighted by atomic mass is 16.4. The summed E-state index contributed by atoms with van der Waals surface area (Å²) in [6.45, 7) is 2.45. The van der Waals surface area contributed by atoms with Gasteiger partial charge in [-0.15, -0.1) is 12.3 Å². The molecule has 0 spiro atoms. The number of hydrogen-bond acceptors (Lipinski definition) is 1. The van der Waals surface area contributed by atoms with Gasteiger partial charge in [-0.05, 0) is 5.92 Å². The van der Waals surface area contributed by atoms with E-state index in [0.29, 0.717) is 13.0 Å². The minimum Gasteiger partial charge on any atom is -0.465 e. The molecule has 0 aromatic heterocycles. The SMILES string of the molecule is C#CCC(CC)CNC(=O)O. The number of terminal acetylenes is 1. The second-order valence-electron chi connectivity index (χ2n) is 2.37. The van der Waals surface area contributed by atoms with Crippen LogP contribution in [-0.2, 0) is 0 Å². The molecule has 0 heterocycles. The molecule has 0 radical (unpaired) electrons. The van der Waals surface area contributed by atoms with Crippen LogP contribution >= 0.6 is 0 Å². The first kappa shape index (κ1) is 9.83. The highest BCUT2D eigenvalue weighted by molar-refractivity contribution is 5.64. The predicted molar refractivity (Wildman–Crippen MR) is 43.3 cm³/mol. The fraction of sp³-hybridized carbons (Fsp3) is 0.625. The van der Waals surface area contributed by atoms with Crippen molar-refractivity contribution >= 4 is 6.09 Å². The van der Waals surface area contributed by atoms with E-state index in [1.54, 1.807) is 0 Å². The van der Waals surface area contributed by atoms with E-state index in [1.807, 2.05) is 6.92 Å². The quantitative estimate of drug-likeness (QED) is 0.601. The van der Waals surface area contributed by atoms with Gasteiger partial charge < -0.3 is 10.4 Å². The van der Waals surface area contributed by atoms with Crippen molar-refractivity contribution in [3.05, 3.63) is 0 Å². The largest absolute Gasteiger partial charge is 0.465 e. The Morgan fingerprint density at radius 1 is 1.82 bits per heavy atom. The van der Waals surface area contributed by atoms with Crippen LogP contribution in [0.1, 0.15) is 19.8 Å². The van der Waals surface area contributed by atoms with Gasteiger partial charge in [0.15, 0.2) is 0 Å². The highest BCUT2D eigenvalue weighted by Crippen LogP contribution is 2.04. The first-order valence-corrected chi connectivity index (χ1v) is 3.61. The maximum atomic E-state index is 10.1. The minimum atomic E-state index is -0.986. The standard InChI is InChI=1S/C8H13NO2/c1-3-5-7(4-2)6-9-8(10)11/h1,7,9H,4-6H2,2H3,(H,10,11). The van der Waals surface area contributed by atoms with Crippen molar-refractivity contribution in [2.24, 2.45) is 5.92 Å². The number of amides is 1. The number of carboxylic acid groups (broad SMARTS) is 1. The van der Waals surface area contributed by atoms with Crippen LogP contribution in [0.3, 0.4) is 0 Å². The summed E-state index contributed by atoms with van der Waals surface area (Å²) in [7, 11) is 0. The van der Waals surface area contributed by atoms with E-state index < -0.39 is 6.09 Å². The summed E-state index contributed by atoms with van der Waals surface area (Å²) in [4.78, 5) is 10.1. The average Bonchev–Trinajstić information content (AvgIpc) is 1.97. The van der Waals surface area contributed by atoms with Gasteiger partial charge in [-0.3, -0.25) is 0 Å². The second kappa shape index (κ2) is 5.60. The molecule has 0 rings (SSSR count). The molecule has 11 heavy (non-hydrogen) atoms. The molecule has 1 atom stereocenters. The lowest BCUT2D eigenvalue weighted by Crippen LogP contribution is -2.27. The second-order valence-corrected chi connectivity index (χ2v) is 2.37. The molecule has 0 aromatic rings. The maximum Gasteiger partial charge on any atom is 0.404 e. The van der Waals surface area contributed by atoms with E-state index in [4.69, 9.17) is 11.5 Å². The zero-order chi connectivity index (χ0) is 8.69. The average molecular weight is 155 g/mol. The Morgan fingerprint density at radius 2 is 2.45 bits per heavy atom. The van der Waals surface area contributed by atoms with Crippen LogP contribution in [0, 0.1) is 18.3 Å². The van der Waals surface area contributed by atoms with Gasteiger partial charge in [0, 0.05) is 13.0 Å². The summed E-state index contributed by atoms with van der Waals surface area (Å²) in [6, 6.07) is 0. The molecule has 0 bridgehead atoms. The van der Waals surface area contributed by atoms with E-state index >= 15 is 0 Å². The first-order chi connectivity index (χ1) is 5.20. The van der Waals surface area contributed by atoms with Crippen LogP contribution < -0.4 is 5.32 Å². The molecule has 2 N–H and O–H groups in total. The molecule has 0 saturated carbocycles. The van der Waals surface area contributed by atoms with E-state index in [9.17, 15) is 4.79 Å². The summed E-state index contributed by atoms with van der Waals surface area (Å²) in [5.41, 5.74) is 0. The number of rotatable bonds is 4. The van der Waals surface area contributed by atoms with Crippen molar-refractivity contribution in [1.82, 2.24) is 5.32 Å². The zero-order valence-corrected chi connectivity index (χ0v) is 6.63. The number of nitrogens with one attached hydrogen (secondary N) is 1. The van der Waals surface area contributed by atoms with Gasteiger partial charge in [0.1, 0.15) is 0 Å². The smallest absolute Gasteiger partial charge is 0.404 e. The van der Waals surface area contributed by atoms with Gasteiger partial charge in [-0.2, -0.15) is 0 Å². The molecule has 1 unspecified atom stereocenters. The molecular formula is C8H13NO2. The van der Waals surface area contributed by atoms with Crippen molar-refractivity contribution in [3.8, 4) is 12.3 Å². The normalized spacial score (nSPS) is 11.6. The van der Waals surface area contributed by atoms with Crippen LogP contribution in [0.25, 0.3) is 0 Å². The molecule has 1 amide bonds. The van der Waals surface area contributed by atoms with Crippen molar-refractivity contribution < 1.29 is 9.90 Å². The summed E-state index contributed by atoms with van der Waals surface area (Å²) >= 11 is 0. The monoisotopic (exact) mass is 155 g/mol. The van der Waals surface area contributed by atoms with E-state index in [-0.39, 0.29) is 5.92 Å². The Bertz CT molecular complexity index is 160. The minimum absolute atomic E-state index is 0.274. The fourth-order valence-electron chi connectivity index (χ4n) is 0.759. The van der Waals surface area contributed by atoms with Crippen molar-refractivity contribution in [2.45, 2.75) is 19.8 Å². The highest BCUT2D eigenvalue weighted by Gasteiger charge is 2.04. The van der Waals surface area contributed by atoms with E-state index in [2.05, 4.69) is 11.2 Å². The molecule has 0 aliphatic rings. The summed E-state index contributed by atoms with van der Waals surface area (Å²) in [5.74, 6) is 2.78. The Hall–Kier alpha value is -1.17. The number of carbonyl (C=O) groups is 1.